The van der Waals surface area contributed by atoms with Crippen molar-refractivity contribution >= 4 is 17.5 Å². The first kappa shape index (κ1) is 17.2. The van der Waals surface area contributed by atoms with E-state index in [4.69, 9.17) is 5.73 Å². The van der Waals surface area contributed by atoms with Crippen molar-refractivity contribution in [1.82, 2.24) is 5.32 Å². The zero-order chi connectivity index (χ0) is 17.9. The summed E-state index contributed by atoms with van der Waals surface area (Å²) in [4.78, 5) is 24.6. The molecule has 4 N–H and O–H groups in total. The van der Waals surface area contributed by atoms with E-state index in [-0.39, 0.29) is 17.4 Å². The van der Waals surface area contributed by atoms with Gasteiger partial charge in [0, 0.05) is 23.4 Å². The van der Waals surface area contributed by atoms with Crippen LogP contribution in [0.1, 0.15) is 40.5 Å². The summed E-state index contributed by atoms with van der Waals surface area (Å²) in [5.74, 6) is 0.147. The van der Waals surface area contributed by atoms with Gasteiger partial charge in [0.15, 0.2) is 0 Å². The van der Waals surface area contributed by atoms with E-state index in [2.05, 4.69) is 10.6 Å². The first-order valence-electron chi connectivity index (χ1n) is 8.51. The van der Waals surface area contributed by atoms with Crippen molar-refractivity contribution in [1.29, 1.82) is 0 Å². The highest BCUT2D eigenvalue weighted by Crippen LogP contribution is 2.39. The van der Waals surface area contributed by atoms with Crippen LogP contribution in [0.25, 0.3) is 0 Å². The maximum atomic E-state index is 12.5. The van der Waals surface area contributed by atoms with Gasteiger partial charge in [0.05, 0.1) is 5.54 Å². The Bertz CT molecular complexity index is 754. The van der Waals surface area contributed by atoms with Crippen molar-refractivity contribution in [3.63, 3.8) is 0 Å². The van der Waals surface area contributed by atoms with E-state index in [0.717, 1.165) is 12.8 Å². The molecule has 0 aromatic heterocycles. The van der Waals surface area contributed by atoms with Gasteiger partial charge in [-0.2, -0.15) is 0 Å². The molecular weight excluding hydrogens is 314 g/mol. The zero-order valence-corrected chi connectivity index (χ0v) is 14.3. The molecule has 2 aromatic rings. The number of hydrogen-bond donors (Lipinski definition) is 3. The van der Waals surface area contributed by atoms with E-state index in [9.17, 15) is 9.59 Å². The van der Waals surface area contributed by atoms with Gasteiger partial charge in [-0.1, -0.05) is 18.2 Å². The SMILES string of the molecule is CC(CN)(NC(=O)c1ccc(NC(=O)c2ccccc2)cc1)C1CC1. The summed E-state index contributed by atoms with van der Waals surface area (Å²) in [6.07, 6.45) is 2.22. The summed E-state index contributed by atoms with van der Waals surface area (Å²) in [6, 6.07) is 15.9. The Balaban J connectivity index is 1.63. The van der Waals surface area contributed by atoms with Gasteiger partial charge < -0.3 is 16.4 Å². The molecule has 5 nitrogen and oxygen atoms in total. The monoisotopic (exact) mass is 337 g/mol. The molecule has 2 aromatic carbocycles. The minimum Gasteiger partial charge on any atom is -0.345 e. The molecule has 0 aliphatic heterocycles. The lowest BCUT2D eigenvalue weighted by atomic mass is 9.95. The number of anilines is 1. The number of rotatable bonds is 6. The second kappa shape index (κ2) is 7.07. The minimum absolute atomic E-state index is 0.138. The molecule has 130 valence electrons. The summed E-state index contributed by atoms with van der Waals surface area (Å²) in [7, 11) is 0. The van der Waals surface area contributed by atoms with Crippen molar-refractivity contribution in [2.24, 2.45) is 11.7 Å². The van der Waals surface area contributed by atoms with Gasteiger partial charge in [0.25, 0.3) is 11.8 Å². The lowest BCUT2D eigenvalue weighted by Crippen LogP contribution is -2.53. The van der Waals surface area contributed by atoms with Gasteiger partial charge in [0.2, 0.25) is 0 Å². The summed E-state index contributed by atoms with van der Waals surface area (Å²) < 4.78 is 0. The number of hydrogen-bond acceptors (Lipinski definition) is 3. The Morgan fingerprint density at radius 1 is 1.00 bits per heavy atom. The largest absolute Gasteiger partial charge is 0.345 e. The molecule has 1 aliphatic carbocycles. The summed E-state index contributed by atoms with van der Waals surface area (Å²) in [5, 5.41) is 5.88. The number of carbonyl (C=O) groups excluding carboxylic acids is 2. The standard InChI is InChI=1S/C20H23N3O2/c1-20(13-21,16-9-10-16)23-19(25)15-7-11-17(12-8-15)22-18(24)14-5-3-2-4-6-14/h2-8,11-12,16H,9-10,13,21H2,1H3,(H,22,24)(H,23,25). The van der Waals surface area contributed by atoms with Crippen LogP contribution in [-0.4, -0.2) is 23.9 Å². The fraction of sp³-hybridized carbons (Fsp3) is 0.300. The van der Waals surface area contributed by atoms with Gasteiger partial charge in [-0.15, -0.1) is 0 Å². The fourth-order valence-corrected chi connectivity index (χ4v) is 2.87. The van der Waals surface area contributed by atoms with Gasteiger partial charge in [-0.25, -0.2) is 0 Å². The fourth-order valence-electron chi connectivity index (χ4n) is 2.87. The van der Waals surface area contributed by atoms with Gasteiger partial charge in [-0.3, -0.25) is 9.59 Å². The number of nitrogens with two attached hydrogens (primary N) is 1. The molecule has 5 heteroatoms. The smallest absolute Gasteiger partial charge is 0.255 e. The van der Waals surface area contributed by atoms with Crippen molar-refractivity contribution in [2.45, 2.75) is 25.3 Å². The molecule has 0 heterocycles. The van der Waals surface area contributed by atoms with Gasteiger partial charge >= 0.3 is 0 Å². The van der Waals surface area contributed by atoms with E-state index in [1.54, 1.807) is 36.4 Å². The maximum Gasteiger partial charge on any atom is 0.255 e. The van der Waals surface area contributed by atoms with E-state index in [0.29, 0.717) is 29.3 Å². The molecule has 1 fully saturated rings. The van der Waals surface area contributed by atoms with Crippen molar-refractivity contribution in [2.75, 3.05) is 11.9 Å². The van der Waals surface area contributed by atoms with Crippen LogP contribution in [0, 0.1) is 5.92 Å². The number of carbonyl (C=O) groups is 2. The third-order valence-electron chi connectivity index (χ3n) is 4.74. The quantitative estimate of drug-likeness (QED) is 0.758. The Labute approximate surface area is 147 Å². The van der Waals surface area contributed by atoms with Crippen LogP contribution in [0.15, 0.2) is 54.6 Å². The lowest BCUT2D eigenvalue weighted by Gasteiger charge is -2.29. The summed E-state index contributed by atoms with van der Waals surface area (Å²) in [6.45, 7) is 2.42. The Morgan fingerprint density at radius 2 is 1.60 bits per heavy atom. The number of benzene rings is 2. The van der Waals surface area contributed by atoms with Crippen LogP contribution in [-0.2, 0) is 0 Å². The van der Waals surface area contributed by atoms with Crippen molar-refractivity contribution in [3.05, 3.63) is 65.7 Å². The number of amides is 2. The molecule has 0 spiro atoms. The molecule has 3 rings (SSSR count). The molecular formula is C20H23N3O2. The van der Waals surface area contributed by atoms with Gasteiger partial charge in [-0.05, 0) is 62.1 Å². The molecule has 25 heavy (non-hydrogen) atoms. The predicted octanol–water partition coefficient (Wildman–Crippen LogP) is 2.80. The molecule has 1 unspecified atom stereocenters. The Kier molecular flexibility index (Phi) is 4.86. The normalized spacial score (nSPS) is 15.9. The highest BCUT2D eigenvalue weighted by atomic mass is 16.2. The average Bonchev–Trinajstić information content (AvgIpc) is 3.48. The maximum absolute atomic E-state index is 12.5. The second-order valence-electron chi connectivity index (χ2n) is 6.75. The van der Waals surface area contributed by atoms with E-state index in [1.807, 2.05) is 25.1 Å². The van der Waals surface area contributed by atoms with Crippen LogP contribution >= 0.6 is 0 Å². The molecule has 0 radical (unpaired) electrons. The first-order chi connectivity index (χ1) is 12.0. The number of nitrogens with one attached hydrogen (secondary N) is 2. The highest BCUT2D eigenvalue weighted by Gasteiger charge is 2.41. The second-order valence-corrected chi connectivity index (χ2v) is 6.75. The predicted molar refractivity (Wildman–Crippen MR) is 98.5 cm³/mol. The molecule has 1 atom stereocenters. The van der Waals surface area contributed by atoms with E-state index >= 15 is 0 Å². The van der Waals surface area contributed by atoms with Gasteiger partial charge in [0.1, 0.15) is 0 Å². The van der Waals surface area contributed by atoms with E-state index in [1.165, 1.54) is 0 Å². The lowest BCUT2D eigenvalue weighted by molar-refractivity contribution is 0.0897. The summed E-state index contributed by atoms with van der Waals surface area (Å²) in [5.41, 5.74) is 7.29. The first-order valence-corrected chi connectivity index (χ1v) is 8.51. The van der Waals surface area contributed by atoms with Crippen molar-refractivity contribution < 1.29 is 9.59 Å². The third-order valence-corrected chi connectivity index (χ3v) is 4.74. The van der Waals surface area contributed by atoms with Crippen LogP contribution in [0.4, 0.5) is 5.69 Å². The molecule has 2 amide bonds. The van der Waals surface area contributed by atoms with Crippen LogP contribution in [0.3, 0.4) is 0 Å². The highest BCUT2D eigenvalue weighted by molar-refractivity contribution is 6.04. The van der Waals surface area contributed by atoms with Crippen LogP contribution < -0.4 is 16.4 Å². The Morgan fingerprint density at radius 3 is 2.16 bits per heavy atom. The molecule has 1 saturated carbocycles. The Hall–Kier alpha value is -2.66. The molecule has 1 aliphatic rings. The zero-order valence-electron chi connectivity index (χ0n) is 14.3. The average molecular weight is 337 g/mol. The van der Waals surface area contributed by atoms with Crippen LogP contribution in [0.5, 0.6) is 0 Å². The van der Waals surface area contributed by atoms with E-state index < -0.39 is 0 Å². The summed E-state index contributed by atoms with van der Waals surface area (Å²) >= 11 is 0. The van der Waals surface area contributed by atoms with Crippen molar-refractivity contribution in [3.8, 4) is 0 Å². The molecule has 0 bridgehead atoms. The topological polar surface area (TPSA) is 84.2 Å². The molecule has 0 saturated heterocycles. The third kappa shape index (κ3) is 4.06. The van der Waals surface area contributed by atoms with Crippen LogP contribution in [0.2, 0.25) is 0 Å². The minimum atomic E-state index is -0.350.